The lowest BCUT2D eigenvalue weighted by Crippen LogP contribution is -2.68. The largest absolute Gasteiger partial charge is 0.394 e. The van der Waals surface area contributed by atoms with Gasteiger partial charge in [-0.2, -0.15) is 0 Å². The molecule has 0 amide bonds. The van der Waals surface area contributed by atoms with Gasteiger partial charge in [0.25, 0.3) is 0 Å². The van der Waals surface area contributed by atoms with Crippen LogP contribution in [0.15, 0.2) is 11.6 Å². The average Bonchev–Trinajstić information content (AvgIpc) is 3.64. The maximum absolute atomic E-state index is 12.3. The summed E-state index contributed by atoms with van der Waals surface area (Å²) in [7, 11) is 0. The van der Waals surface area contributed by atoms with Crippen LogP contribution in [0.1, 0.15) is 93.4 Å². The van der Waals surface area contributed by atoms with E-state index in [-0.39, 0.29) is 46.2 Å². The molecule has 308 valence electrons. The average molecular weight is 767 g/mol. The number of allylic oxidation sites excluding steroid dienone is 1. The van der Waals surface area contributed by atoms with Crippen LogP contribution in [-0.2, 0) is 28.4 Å². The minimum absolute atomic E-state index is 0.00497. The molecule has 0 radical (unpaired) electrons. The second kappa shape index (κ2) is 13.4. The molecule has 13 nitrogen and oxygen atoms in total. The summed E-state index contributed by atoms with van der Waals surface area (Å²) in [5.41, 5.74) is -0.0875. The molecule has 7 N–H and O–H groups in total. The van der Waals surface area contributed by atoms with Crippen LogP contribution < -0.4 is 0 Å². The van der Waals surface area contributed by atoms with E-state index in [4.69, 9.17) is 28.4 Å². The summed E-state index contributed by atoms with van der Waals surface area (Å²) < 4.78 is 37.4. The molecule has 8 fully saturated rings. The monoisotopic (exact) mass is 766 g/mol. The number of rotatable bonds is 6. The SMILES string of the molecule is CC(C)=C[C@H]1CO[C@]23C[C@]4(CO2)C(CCC2[C@@]5(C)CC[C@H](O[C@@H]6OC[C@H](O)C(O[C@@H]7OC(CO)[C@@H](O)C(O)[C@@H]7O)[C@@H]6O)C(C)(C)C5CC[C@]24C)C3C1(C)O. The van der Waals surface area contributed by atoms with Crippen LogP contribution in [0, 0.1) is 51.2 Å². The van der Waals surface area contributed by atoms with Gasteiger partial charge in [-0.1, -0.05) is 39.3 Å². The summed E-state index contributed by atoms with van der Waals surface area (Å²) in [5, 5.41) is 75.2. The van der Waals surface area contributed by atoms with Gasteiger partial charge in [0.05, 0.1) is 38.1 Å². The van der Waals surface area contributed by atoms with E-state index < -0.39 is 73.3 Å². The minimum Gasteiger partial charge on any atom is -0.394 e. The van der Waals surface area contributed by atoms with E-state index >= 15 is 0 Å². The van der Waals surface area contributed by atoms with Gasteiger partial charge in [0, 0.05) is 23.7 Å². The Morgan fingerprint density at radius 3 is 2.24 bits per heavy atom. The quantitative estimate of drug-likeness (QED) is 0.153. The molecule has 8 unspecified atom stereocenters. The van der Waals surface area contributed by atoms with E-state index in [1.54, 1.807) is 0 Å². The molecule has 0 aromatic rings. The van der Waals surface area contributed by atoms with Gasteiger partial charge in [-0.25, -0.2) is 0 Å². The highest BCUT2D eigenvalue weighted by Crippen LogP contribution is 2.80. The molecule has 0 aromatic heterocycles. The van der Waals surface area contributed by atoms with Gasteiger partial charge >= 0.3 is 0 Å². The Morgan fingerprint density at radius 2 is 1.54 bits per heavy atom. The number of ether oxygens (including phenoxy) is 6. The highest BCUT2D eigenvalue weighted by molar-refractivity contribution is 5.27. The van der Waals surface area contributed by atoms with Crippen LogP contribution in [0.5, 0.6) is 0 Å². The zero-order valence-corrected chi connectivity index (χ0v) is 33.1. The zero-order chi connectivity index (χ0) is 39.0. The summed E-state index contributed by atoms with van der Waals surface area (Å²) in [5.74, 6) is 0.203. The van der Waals surface area contributed by atoms with Crippen molar-refractivity contribution in [2.24, 2.45) is 51.2 Å². The third-order valence-corrected chi connectivity index (χ3v) is 16.9. The minimum atomic E-state index is -1.68. The fraction of sp³-hybridized carbons (Fsp3) is 0.951. The number of hydrogen-bond donors (Lipinski definition) is 7. The van der Waals surface area contributed by atoms with Crippen molar-refractivity contribution in [2.45, 2.75) is 166 Å². The third-order valence-electron chi connectivity index (χ3n) is 16.9. The van der Waals surface area contributed by atoms with Crippen molar-refractivity contribution in [1.29, 1.82) is 0 Å². The van der Waals surface area contributed by atoms with E-state index in [0.29, 0.717) is 31.0 Å². The number of aliphatic hydroxyl groups excluding tert-OH is 6. The van der Waals surface area contributed by atoms with Crippen molar-refractivity contribution in [3.63, 3.8) is 0 Å². The van der Waals surface area contributed by atoms with E-state index in [0.717, 1.165) is 44.9 Å². The number of fused-ring (bicyclic) bond motifs is 4. The van der Waals surface area contributed by atoms with Crippen molar-refractivity contribution < 1.29 is 64.2 Å². The first-order valence-corrected chi connectivity index (χ1v) is 20.5. The van der Waals surface area contributed by atoms with Gasteiger partial charge in [-0.05, 0) is 93.3 Å². The summed E-state index contributed by atoms with van der Waals surface area (Å²) in [4.78, 5) is 0. The molecule has 4 saturated heterocycles. The van der Waals surface area contributed by atoms with Crippen LogP contribution >= 0.6 is 0 Å². The van der Waals surface area contributed by atoms with Crippen molar-refractivity contribution >= 4 is 0 Å². The summed E-state index contributed by atoms with van der Waals surface area (Å²) in [6.07, 6.45) is -4.14. The fourth-order valence-corrected chi connectivity index (χ4v) is 14.3. The van der Waals surface area contributed by atoms with Gasteiger partial charge in [-0.15, -0.1) is 0 Å². The van der Waals surface area contributed by atoms with Crippen LogP contribution in [0.25, 0.3) is 0 Å². The normalized spacial score (nSPS) is 57.7. The summed E-state index contributed by atoms with van der Waals surface area (Å²) in [6.45, 7) is 16.1. The molecular formula is C41H66O13. The first-order valence-electron chi connectivity index (χ1n) is 20.5. The Morgan fingerprint density at radius 1 is 0.796 bits per heavy atom. The summed E-state index contributed by atoms with van der Waals surface area (Å²) >= 11 is 0. The maximum atomic E-state index is 12.3. The van der Waals surface area contributed by atoms with Gasteiger partial charge in [0.1, 0.15) is 42.7 Å². The van der Waals surface area contributed by atoms with Crippen LogP contribution in [0.3, 0.4) is 0 Å². The Hall–Kier alpha value is -0.780. The standard InChI is InChI=1S/C41H66O13/c1-20(2)14-21-16-50-41-18-40(19-51-41)22(33(41)39(21,7)48)8-9-26-37(5)12-11-27(36(3,4)25(37)10-13-38(26,40)6)53-34-31(47)32(23(43)17-49-34)54-35-30(46)29(45)28(44)24(15-42)52-35/h14,21-35,42-48H,8-13,15-19H2,1-7H3/t21-,22?,23-,24?,25?,26?,27-,28+,29?,30-,31-,32?,33?,34-,35-,37-,38+,39?,40-,41+/m0/s1. The molecule has 4 heterocycles. The van der Waals surface area contributed by atoms with E-state index in [9.17, 15) is 35.7 Å². The number of hydrogen-bond acceptors (Lipinski definition) is 13. The molecule has 2 spiro atoms. The first-order chi connectivity index (χ1) is 25.3. The molecule has 20 atom stereocenters. The fourth-order valence-electron chi connectivity index (χ4n) is 14.3. The van der Waals surface area contributed by atoms with Crippen LogP contribution in [0.2, 0.25) is 0 Å². The topological polar surface area (TPSA) is 197 Å². The lowest BCUT2D eigenvalue weighted by molar-refractivity contribution is -0.358. The Kier molecular flexibility index (Phi) is 9.91. The van der Waals surface area contributed by atoms with Crippen molar-refractivity contribution in [1.82, 2.24) is 0 Å². The van der Waals surface area contributed by atoms with Crippen LogP contribution in [-0.4, -0.2) is 135 Å². The van der Waals surface area contributed by atoms with Crippen molar-refractivity contribution in [2.75, 3.05) is 26.4 Å². The molecule has 0 aromatic carbocycles. The molecule has 4 aliphatic heterocycles. The van der Waals surface area contributed by atoms with E-state index in [1.165, 1.54) is 5.57 Å². The molecule has 54 heavy (non-hydrogen) atoms. The second-order valence-corrected chi connectivity index (χ2v) is 20.1. The molecular weight excluding hydrogens is 700 g/mol. The van der Waals surface area contributed by atoms with Crippen molar-refractivity contribution in [3.8, 4) is 0 Å². The zero-order valence-electron chi connectivity index (χ0n) is 33.1. The van der Waals surface area contributed by atoms with E-state index in [1.807, 2.05) is 6.92 Å². The highest BCUT2D eigenvalue weighted by atomic mass is 16.7. The van der Waals surface area contributed by atoms with Gasteiger partial charge in [0.2, 0.25) is 0 Å². The van der Waals surface area contributed by atoms with Gasteiger partial charge in [0.15, 0.2) is 18.4 Å². The van der Waals surface area contributed by atoms with Gasteiger partial charge < -0.3 is 64.2 Å². The van der Waals surface area contributed by atoms with Crippen LogP contribution in [0.4, 0.5) is 0 Å². The molecule has 4 saturated carbocycles. The molecule has 8 aliphatic rings. The van der Waals surface area contributed by atoms with Gasteiger partial charge in [-0.3, -0.25) is 0 Å². The first kappa shape index (κ1) is 40.0. The van der Waals surface area contributed by atoms with Crippen molar-refractivity contribution in [3.05, 3.63) is 11.6 Å². The summed E-state index contributed by atoms with van der Waals surface area (Å²) in [6, 6.07) is 0. The maximum Gasteiger partial charge on any atom is 0.187 e. The van der Waals surface area contributed by atoms with E-state index in [2.05, 4.69) is 47.6 Å². The molecule has 4 aliphatic carbocycles. The molecule has 13 heteroatoms. The Labute approximate surface area is 319 Å². The lowest BCUT2D eigenvalue weighted by atomic mass is 9.35. The number of aliphatic hydroxyl groups is 7. The smallest absolute Gasteiger partial charge is 0.187 e. The molecule has 8 rings (SSSR count). The Balaban J connectivity index is 0.993. The predicted molar refractivity (Wildman–Crippen MR) is 192 cm³/mol. The molecule has 2 bridgehead atoms. The Bertz CT molecular complexity index is 1450. The highest BCUT2D eigenvalue weighted by Gasteiger charge is 2.81. The second-order valence-electron chi connectivity index (χ2n) is 20.1. The predicted octanol–water partition coefficient (Wildman–Crippen LogP) is 2.00. The lowest BCUT2D eigenvalue weighted by Gasteiger charge is -2.70. The third kappa shape index (κ3) is 5.50.